The second-order valence-corrected chi connectivity index (χ2v) is 5.34. The monoisotopic (exact) mass is 220 g/mol. The predicted octanol–water partition coefficient (Wildman–Crippen LogP) is 2.03. The van der Waals surface area contributed by atoms with Gasteiger partial charge in [-0.2, -0.15) is 23.5 Å². The number of ether oxygens (including phenoxy) is 1. The van der Waals surface area contributed by atoms with Crippen LogP contribution in [0.25, 0.3) is 0 Å². The molecule has 1 aliphatic heterocycles. The molecule has 1 heterocycles. The first-order valence-electron chi connectivity index (χ1n) is 4.55. The van der Waals surface area contributed by atoms with Crippen molar-refractivity contribution in [2.24, 2.45) is 5.92 Å². The maximum Gasteiger partial charge on any atom is 0.309 e. The highest BCUT2D eigenvalue weighted by Crippen LogP contribution is 2.33. The van der Waals surface area contributed by atoms with Gasteiger partial charge in [0.1, 0.15) is 0 Å². The van der Waals surface area contributed by atoms with Crippen LogP contribution in [-0.4, -0.2) is 35.6 Å². The molecule has 0 aromatic carbocycles. The van der Waals surface area contributed by atoms with Crippen LogP contribution in [0.2, 0.25) is 0 Å². The van der Waals surface area contributed by atoms with E-state index in [1.54, 1.807) is 0 Å². The summed E-state index contributed by atoms with van der Waals surface area (Å²) in [4.78, 5) is 11.4. The van der Waals surface area contributed by atoms with Crippen LogP contribution < -0.4 is 0 Å². The fourth-order valence-electron chi connectivity index (χ4n) is 1.43. The lowest BCUT2D eigenvalue weighted by Gasteiger charge is -2.08. The normalized spacial score (nSPS) is 27.5. The summed E-state index contributed by atoms with van der Waals surface area (Å²) in [6, 6.07) is 0. The summed E-state index contributed by atoms with van der Waals surface area (Å²) >= 11 is 3.76. The third-order valence-electron chi connectivity index (χ3n) is 2.05. The molecule has 0 aromatic rings. The Bertz CT molecular complexity index is 173. The van der Waals surface area contributed by atoms with Gasteiger partial charge in [-0.05, 0) is 19.6 Å². The van der Waals surface area contributed by atoms with E-state index in [-0.39, 0.29) is 11.9 Å². The summed E-state index contributed by atoms with van der Waals surface area (Å²) in [6.07, 6.45) is 3.11. The van der Waals surface area contributed by atoms with Crippen LogP contribution in [0.15, 0.2) is 0 Å². The van der Waals surface area contributed by atoms with Gasteiger partial charge in [0.05, 0.1) is 12.5 Å². The van der Waals surface area contributed by atoms with E-state index in [1.165, 1.54) is 0 Å². The van der Waals surface area contributed by atoms with Crippen LogP contribution in [0.3, 0.4) is 0 Å². The predicted molar refractivity (Wildman–Crippen MR) is 59.4 cm³/mol. The number of thioether (sulfide) groups is 2. The lowest BCUT2D eigenvalue weighted by atomic mass is 10.1. The van der Waals surface area contributed by atoms with Gasteiger partial charge in [-0.15, -0.1) is 0 Å². The second-order valence-electron chi connectivity index (χ2n) is 3.10. The fraction of sp³-hybridized carbons (Fsp3) is 0.889. The average molecular weight is 220 g/mol. The Hall–Kier alpha value is 0.170. The smallest absolute Gasteiger partial charge is 0.309 e. The second kappa shape index (κ2) is 5.81. The Kier molecular flexibility index (Phi) is 5.02. The number of carbonyl (C=O) groups excluding carboxylic acids is 1. The average Bonchev–Trinajstić information content (AvgIpc) is 2.54. The third kappa shape index (κ3) is 3.43. The molecule has 1 fully saturated rings. The van der Waals surface area contributed by atoms with Crippen LogP contribution in [0, 0.1) is 5.92 Å². The summed E-state index contributed by atoms with van der Waals surface area (Å²) in [7, 11) is 0. The molecule has 0 bridgehead atoms. The van der Waals surface area contributed by atoms with Crippen molar-refractivity contribution in [3.8, 4) is 0 Å². The van der Waals surface area contributed by atoms with Crippen molar-refractivity contribution in [1.82, 2.24) is 0 Å². The van der Waals surface area contributed by atoms with E-state index < -0.39 is 0 Å². The van der Waals surface area contributed by atoms with Gasteiger partial charge < -0.3 is 4.74 Å². The van der Waals surface area contributed by atoms with Crippen LogP contribution in [0.4, 0.5) is 0 Å². The standard InChI is InChI=1S/C9H16O2S2/c1-3-11-9(10)7-4-8(6-12-2)13-5-7/h7-8H,3-6H2,1-2H3/t7-,8+/m0/s1. The van der Waals surface area contributed by atoms with Crippen molar-refractivity contribution in [3.05, 3.63) is 0 Å². The topological polar surface area (TPSA) is 26.3 Å². The van der Waals surface area contributed by atoms with E-state index in [0.717, 1.165) is 17.9 Å². The van der Waals surface area contributed by atoms with Crippen molar-refractivity contribution >= 4 is 29.5 Å². The third-order valence-corrected chi connectivity index (χ3v) is 4.43. The van der Waals surface area contributed by atoms with Gasteiger partial charge >= 0.3 is 5.97 Å². The van der Waals surface area contributed by atoms with E-state index in [1.807, 2.05) is 30.4 Å². The van der Waals surface area contributed by atoms with Gasteiger partial charge in [-0.25, -0.2) is 0 Å². The van der Waals surface area contributed by atoms with Gasteiger partial charge in [0.2, 0.25) is 0 Å². The highest BCUT2D eigenvalue weighted by Gasteiger charge is 2.30. The number of esters is 1. The largest absolute Gasteiger partial charge is 0.466 e. The molecule has 76 valence electrons. The van der Waals surface area contributed by atoms with Gasteiger partial charge in [-0.3, -0.25) is 4.79 Å². The number of carbonyl (C=O) groups is 1. The Labute approximate surface area is 88.2 Å². The van der Waals surface area contributed by atoms with Gasteiger partial charge in [-0.1, -0.05) is 0 Å². The van der Waals surface area contributed by atoms with Crippen LogP contribution in [-0.2, 0) is 9.53 Å². The quantitative estimate of drug-likeness (QED) is 0.677. The van der Waals surface area contributed by atoms with Crippen LogP contribution in [0.5, 0.6) is 0 Å². The maximum absolute atomic E-state index is 11.4. The van der Waals surface area contributed by atoms with Crippen LogP contribution in [0.1, 0.15) is 13.3 Å². The van der Waals surface area contributed by atoms with Gasteiger partial charge in [0.25, 0.3) is 0 Å². The summed E-state index contributed by atoms with van der Waals surface area (Å²) in [6.45, 7) is 2.37. The van der Waals surface area contributed by atoms with Crippen molar-refractivity contribution in [3.63, 3.8) is 0 Å². The van der Waals surface area contributed by atoms with Crippen molar-refractivity contribution in [1.29, 1.82) is 0 Å². The van der Waals surface area contributed by atoms with E-state index in [2.05, 4.69) is 6.26 Å². The Morgan fingerprint density at radius 3 is 3.08 bits per heavy atom. The number of hydrogen-bond donors (Lipinski definition) is 0. The molecule has 2 atom stereocenters. The number of hydrogen-bond acceptors (Lipinski definition) is 4. The molecule has 0 amide bonds. The van der Waals surface area contributed by atoms with Crippen molar-refractivity contribution < 1.29 is 9.53 Å². The number of rotatable bonds is 4. The highest BCUT2D eigenvalue weighted by atomic mass is 32.2. The summed E-state index contributed by atoms with van der Waals surface area (Å²) in [5.74, 6) is 2.26. The van der Waals surface area contributed by atoms with Gasteiger partial charge in [0.15, 0.2) is 0 Å². The fourth-order valence-corrected chi connectivity index (χ4v) is 3.88. The highest BCUT2D eigenvalue weighted by molar-refractivity contribution is 8.03. The molecule has 0 aromatic heterocycles. The van der Waals surface area contributed by atoms with Gasteiger partial charge in [0, 0.05) is 16.8 Å². The molecule has 0 unspecified atom stereocenters. The van der Waals surface area contributed by atoms with E-state index >= 15 is 0 Å². The molecule has 0 aliphatic carbocycles. The molecule has 0 spiro atoms. The summed E-state index contributed by atoms with van der Waals surface area (Å²) in [5.41, 5.74) is 0. The molecular formula is C9H16O2S2. The van der Waals surface area contributed by atoms with E-state index in [4.69, 9.17) is 4.74 Å². The maximum atomic E-state index is 11.4. The molecule has 0 N–H and O–H groups in total. The first kappa shape index (κ1) is 11.2. The first-order valence-corrected chi connectivity index (χ1v) is 6.99. The lowest BCUT2D eigenvalue weighted by molar-refractivity contribution is -0.147. The minimum Gasteiger partial charge on any atom is -0.466 e. The molecule has 1 rings (SSSR count). The van der Waals surface area contributed by atoms with E-state index in [9.17, 15) is 4.79 Å². The van der Waals surface area contributed by atoms with Crippen molar-refractivity contribution in [2.45, 2.75) is 18.6 Å². The lowest BCUT2D eigenvalue weighted by Crippen LogP contribution is -2.18. The van der Waals surface area contributed by atoms with Crippen molar-refractivity contribution in [2.75, 3.05) is 24.4 Å². The molecule has 2 nitrogen and oxygen atoms in total. The molecule has 4 heteroatoms. The molecule has 13 heavy (non-hydrogen) atoms. The minimum absolute atomic E-state index is 0.00129. The Morgan fingerprint density at radius 2 is 2.46 bits per heavy atom. The molecular weight excluding hydrogens is 204 g/mol. The Morgan fingerprint density at radius 1 is 1.69 bits per heavy atom. The first-order chi connectivity index (χ1) is 6.27. The minimum atomic E-state index is -0.00129. The zero-order chi connectivity index (χ0) is 9.68. The summed E-state index contributed by atoms with van der Waals surface area (Å²) < 4.78 is 4.99. The molecule has 0 radical (unpaired) electrons. The molecule has 1 aliphatic rings. The molecule has 1 saturated heterocycles. The summed E-state index contributed by atoms with van der Waals surface area (Å²) in [5, 5.41) is 0.657. The van der Waals surface area contributed by atoms with Crippen LogP contribution >= 0.6 is 23.5 Å². The Balaban J connectivity index is 2.27. The van der Waals surface area contributed by atoms with E-state index in [0.29, 0.717) is 11.9 Å². The zero-order valence-electron chi connectivity index (χ0n) is 8.12. The molecule has 0 saturated carbocycles. The zero-order valence-corrected chi connectivity index (χ0v) is 9.75. The SMILES string of the molecule is CCOC(=O)[C@@H]1CS[C@@H](CSC)C1.